The number of likely N-dealkylation sites (N-methyl/N-ethyl adjacent to an activating group) is 2. The minimum absolute atomic E-state index is 0.859. The van der Waals surface area contributed by atoms with E-state index < -0.39 is 0 Å². The minimum Gasteiger partial charge on any atom is -0.316 e. The van der Waals surface area contributed by atoms with Gasteiger partial charge in [-0.3, -0.25) is 0 Å². The third-order valence-electron chi connectivity index (χ3n) is 2.74. The van der Waals surface area contributed by atoms with Gasteiger partial charge >= 0.3 is 0 Å². The van der Waals surface area contributed by atoms with E-state index in [2.05, 4.69) is 37.2 Å². The van der Waals surface area contributed by atoms with Gasteiger partial charge in [0.25, 0.3) is 0 Å². The fourth-order valence-electron chi connectivity index (χ4n) is 1.64. The summed E-state index contributed by atoms with van der Waals surface area (Å²) in [4.78, 5) is 2.31. The van der Waals surface area contributed by atoms with Crippen LogP contribution in [0.3, 0.4) is 0 Å². The maximum absolute atomic E-state index is 6.09. The summed E-state index contributed by atoms with van der Waals surface area (Å²) in [6.07, 6.45) is 0. The average Bonchev–Trinajstić information content (AvgIpc) is 2.25. The number of rotatable bonds is 6. The molecule has 0 heterocycles. The van der Waals surface area contributed by atoms with Gasteiger partial charge in [0.15, 0.2) is 0 Å². The smallest absolute Gasteiger partial charge is 0.0438 e. The van der Waals surface area contributed by atoms with E-state index in [1.165, 1.54) is 11.1 Å². The molecule has 1 aromatic carbocycles. The fourth-order valence-corrected chi connectivity index (χ4v) is 1.83. The van der Waals surface area contributed by atoms with Gasteiger partial charge in [-0.25, -0.2) is 0 Å². The van der Waals surface area contributed by atoms with Crippen LogP contribution in [0, 0.1) is 6.92 Å². The summed E-state index contributed by atoms with van der Waals surface area (Å²) in [5.74, 6) is 0. The highest BCUT2D eigenvalue weighted by Gasteiger charge is 2.04. The first-order valence-corrected chi connectivity index (χ1v) is 6.16. The Morgan fingerprint density at radius 3 is 2.81 bits per heavy atom. The van der Waals surface area contributed by atoms with Crippen LogP contribution < -0.4 is 5.32 Å². The molecule has 0 atom stereocenters. The van der Waals surface area contributed by atoms with Crippen molar-refractivity contribution in [2.24, 2.45) is 0 Å². The number of hydrogen-bond acceptors (Lipinski definition) is 2. The molecule has 0 amide bonds. The van der Waals surface area contributed by atoms with Gasteiger partial charge in [0.05, 0.1) is 0 Å². The average molecular weight is 241 g/mol. The van der Waals surface area contributed by atoms with Gasteiger partial charge in [-0.15, -0.1) is 0 Å². The van der Waals surface area contributed by atoms with Crippen molar-refractivity contribution in [1.82, 2.24) is 10.2 Å². The molecule has 90 valence electrons. The Kier molecular flexibility index (Phi) is 5.81. The lowest BCUT2D eigenvalue weighted by Gasteiger charge is -2.18. The molecule has 1 rings (SSSR count). The molecule has 0 aliphatic carbocycles. The fraction of sp³-hybridized carbons (Fsp3) is 0.538. The summed E-state index contributed by atoms with van der Waals surface area (Å²) < 4.78 is 0. The van der Waals surface area contributed by atoms with Gasteiger partial charge in [0.2, 0.25) is 0 Å². The quantitative estimate of drug-likeness (QED) is 0.770. The van der Waals surface area contributed by atoms with Gasteiger partial charge in [-0.2, -0.15) is 0 Å². The highest BCUT2D eigenvalue weighted by atomic mass is 35.5. The van der Waals surface area contributed by atoms with Crippen LogP contribution in [0.15, 0.2) is 18.2 Å². The van der Waals surface area contributed by atoms with Crippen molar-refractivity contribution in [3.8, 4) is 0 Å². The summed E-state index contributed by atoms with van der Waals surface area (Å²) in [5.41, 5.74) is 2.51. The first-order chi connectivity index (χ1) is 7.65. The van der Waals surface area contributed by atoms with Gasteiger partial charge in [-0.1, -0.05) is 30.7 Å². The van der Waals surface area contributed by atoms with E-state index in [9.17, 15) is 0 Å². The molecular weight excluding hydrogens is 220 g/mol. The summed E-state index contributed by atoms with van der Waals surface area (Å²) in [6.45, 7) is 8.28. The molecular formula is C13H21ClN2. The highest BCUT2D eigenvalue weighted by Crippen LogP contribution is 2.19. The Bertz CT molecular complexity index is 326. The molecule has 0 saturated heterocycles. The Morgan fingerprint density at radius 1 is 1.38 bits per heavy atom. The van der Waals surface area contributed by atoms with Gasteiger partial charge < -0.3 is 10.2 Å². The molecule has 0 aliphatic rings. The molecule has 2 nitrogen and oxygen atoms in total. The molecule has 0 saturated carbocycles. The number of nitrogens with zero attached hydrogens (tertiary/aromatic N) is 1. The molecule has 16 heavy (non-hydrogen) atoms. The first-order valence-electron chi connectivity index (χ1n) is 5.78. The Balaban J connectivity index is 2.49. The van der Waals surface area contributed by atoms with Crippen LogP contribution >= 0.6 is 11.6 Å². The maximum atomic E-state index is 6.09. The van der Waals surface area contributed by atoms with E-state index in [1.54, 1.807) is 0 Å². The van der Waals surface area contributed by atoms with Gasteiger partial charge in [0.1, 0.15) is 0 Å². The monoisotopic (exact) mass is 240 g/mol. The second kappa shape index (κ2) is 6.89. The zero-order valence-electron chi connectivity index (χ0n) is 10.4. The molecule has 0 aliphatic heterocycles. The topological polar surface area (TPSA) is 15.3 Å². The molecule has 1 N–H and O–H groups in total. The van der Waals surface area contributed by atoms with Gasteiger partial charge in [0, 0.05) is 24.7 Å². The van der Waals surface area contributed by atoms with Crippen LogP contribution in [0.25, 0.3) is 0 Å². The zero-order valence-corrected chi connectivity index (χ0v) is 11.1. The Labute approximate surface area is 104 Å². The molecule has 1 aromatic rings. The van der Waals surface area contributed by atoms with Crippen molar-refractivity contribution in [2.75, 3.05) is 26.7 Å². The van der Waals surface area contributed by atoms with E-state index in [0.717, 1.165) is 31.2 Å². The van der Waals surface area contributed by atoms with E-state index in [1.807, 2.05) is 12.1 Å². The molecule has 0 spiro atoms. The summed E-state index contributed by atoms with van der Waals surface area (Å²) in [6, 6.07) is 6.10. The second-order valence-corrected chi connectivity index (χ2v) is 4.52. The number of hydrogen-bond donors (Lipinski definition) is 1. The molecule has 0 bridgehead atoms. The predicted octanol–water partition coefficient (Wildman–Crippen LogP) is 2.69. The van der Waals surface area contributed by atoms with E-state index >= 15 is 0 Å². The van der Waals surface area contributed by atoms with Crippen molar-refractivity contribution < 1.29 is 0 Å². The standard InChI is InChI=1S/C13H21ClN2/c1-4-15-8-9-16(3)10-12-6-5-7-13(14)11(12)2/h5-7,15H,4,8-10H2,1-3H3. The minimum atomic E-state index is 0.859. The van der Waals surface area contributed by atoms with Crippen molar-refractivity contribution >= 4 is 11.6 Å². The van der Waals surface area contributed by atoms with Crippen molar-refractivity contribution in [3.05, 3.63) is 34.3 Å². The third-order valence-corrected chi connectivity index (χ3v) is 3.15. The maximum Gasteiger partial charge on any atom is 0.0438 e. The van der Waals surface area contributed by atoms with Crippen LogP contribution in [0.2, 0.25) is 5.02 Å². The van der Waals surface area contributed by atoms with Crippen molar-refractivity contribution in [1.29, 1.82) is 0 Å². The van der Waals surface area contributed by atoms with E-state index in [4.69, 9.17) is 11.6 Å². The molecule has 0 unspecified atom stereocenters. The Hall–Kier alpha value is -0.570. The lowest BCUT2D eigenvalue weighted by atomic mass is 10.1. The highest BCUT2D eigenvalue weighted by molar-refractivity contribution is 6.31. The van der Waals surface area contributed by atoms with Crippen molar-refractivity contribution in [2.45, 2.75) is 20.4 Å². The predicted molar refractivity (Wildman–Crippen MR) is 71.1 cm³/mol. The molecule has 0 radical (unpaired) electrons. The van der Waals surface area contributed by atoms with E-state index in [0.29, 0.717) is 0 Å². The van der Waals surface area contributed by atoms with Crippen LogP contribution in [0.5, 0.6) is 0 Å². The van der Waals surface area contributed by atoms with E-state index in [-0.39, 0.29) is 0 Å². The number of nitrogens with one attached hydrogen (secondary N) is 1. The first kappa shape index (κ1) is 13.5. The zero-order chi connectivity index (χ0) is 12.0. The normalized spacial score (nSPS) is 11.1. The molecule has 3 heteroatoms. The Morgan fingerprint density at radius 2 is 2.12 bits per heavy atom. The SMILES string of the molecule is CCNCCN(C)Cc1cccc(Cl)c1C. The van der Waals surface area contributed by atoms with Crippen LogP contribution in [0.4, 0.5) is 0 Å². The lowest BCUT2D eigenvalue weighted by molar-refractivity contribution is 0.325. The molecule has 0 aromatic heterocycles. The summed E-state index contributed by atoms with van der Waals surface area (Å²) in [7, 11) is 2.14. The number of halogens is 1. The van der Waals surface area contributed by atoms with Crippen LogP contribution in [-0.2, 0) is 6.54 Å². The third kappa shape index (κ3) is 4.12. The van der Waals surface area contributed by atoms with Gasteiger partial charge in [-0.05, 0) is 37.7 Å². The largest absolute Gasteiger partial charge is 0.316 e. The second-order valence-electron chi connectivity index (χ2n) is 4.12. The molecule has 0 fully saturated rings. The number of benzene rings is 1. The summed E-state index contributed by atoms with van der Waals surface area (Å²) in [5, 5.41) is 4.18. The summed E-state index contributed by atoms with van der Waals surface area (Å²) >= 11 is 6.09. The van der Waals surface area contributed by atoms with Crippen LogP contribution in [0.1, 0.15) is 18.1 Å². The van der Waals surface area contributed by atoms with Crippen molar-refractivity contribution in [3.63, 3.8) is 0 Å². The lowest BCUT2D eigenvalue weighted by Crippen LogP contribution is -2.28. The van der Waals surface area contributed by atoms with Crippen LogP contribution in [-0.4, -0.2) is 31.6 Å².